The van der Waals surface area contributed by atoms with E-state index in [0.29, 0.717) is 6.54 Å². The molecule has 92 valence electrons. The lowest BCUT2D eigenvalue weighted by atomic mass is 9.82. The SMILES string of the molecule is CC1(C(=O)NC[C@H](O)C(=O)O)CCCNC1. The van der Waals surface area contributed by atoms with Gasteiger partial charge in [0.1, 0.15) is 0 Å². The second-order valence-corrected chi connectivity index (χ2v) is 4.41. The van der Waals surface area contributed by atoms with Crippen molar-refractivity contribution >= 4 is 11.9 Å². The smallest absolute Gasteiger partial charge is 0.334 e. The summed E-state index contributed by atoms with van der Waals surface area (Å²) in [4.78, 5) is 22.1. The Balaban J connectivity index is 2.42. The third-order valence-corrected chi connectivity index (χ3v) is 2.89. The number of carboxylic acid groups (broad SMARTS) is 1. The first-order chi connectivity index (χ1) is 7.46. The quantitative estimate of drug-likeness (QED) is 0.493. The van der Waals surface area contributed by atoms with Gasteiger partial charge in [0.15, 0.2) is 6.10 Å². The van der Waals surface area contributed by atoms with E-state index in [1.165, 1.54) is 0 Å². The van der Waals surface area contributed by atoms with Crippen molar-refractivity contribution in [3.05, 3.63) is 0 Å². The first-order valence-corrected chi connectivity index (χ1v) is 5.35. The minimum atomic E-state index is -1.54. The molecule has 6 heteroatoms. The molecule has 0 aliphatic carbocycles. The van der Waals surface area contributed by atoms with E-state index in [9.17, 15) is 9.59 Å². The molecule has 6 nitrogen and oxygen atoms in total. The summed E-state index contributed by atoms with van der Waals surface area (Å²) in [5.41, 5.74) is -0.503. The largest absolute Gasteiger partial charge is 0.479 e. The van der Waals surface area contributed by atoms with Gasteiger partial charge in [-0.25, -0.2) is 4.79 Å². The zero-order valence-corrected chi connectivity index (χ0v) is 9.32. The molecule has 1 heterocycles. The fraction of sp³-hybridized carbons (Fsp3) is 0.800. The summed E-state index contributed by atoms with van der Waals surface area (Å²) in [6, 6.07) is 0. The van der Waals surface area contributed by atoms with Crippen molar-refractivity contribution < 1.29 is 19.8 Å². The monoisotopic (exact) mass is 230 g/mol. The van der Waals surface area contributed by atoms with Gasteiger partial charge in [-0.2, -0.15) is 0 Å². The molecular weight excluding hydrogens is 212 g/mol. The van der Waals surface area contributed by atoms with E-state index in [1.54, 1.807) is 0 Å². The summed E-state index contributed by atoms with van der Waals surface area (Å²) >= 11 is 0. The Morgan fingerprint density at radius 2 is 2.25 bits per heavy atom. The van der Waals surface area contributed by atoms with Gasteiger partial charge in [0.2, 0.25) is 5.91 Å². The molecular formula is C10H18N2O4. The van der Waals surface area contributed by atoms with E-state index < -0.39 is 17.5 Å². The average Bonchev–Trinajstić information content (AvgIpc) is 2.26. The van der Waals surface area contributed by atoms with Crippen LogP contribution in [0.2, 0.25) is 0 Å². The van der Waals surface area contributed by atoms with E-state index in [0.717, 1.165) is 19.4 Å². The summed E-state index contributed by atoms with van der Waals surface area (Å²) in [5.74, 6) is -1.53. The second-order valence-electron chi connectivity index (χ2n) is 4.41. The van der Waals surface area contributed by atoms with Crippen LogP contribution in [0.3, 0.4) is 0 Å². The van der Waals surface area contributed by atoms with Crippen molar-refractivity contribution in [2.75, 3.05) is 19.6 Å². The fourth-order valence-corrected chi connectivity index (χ4v) is 1.74. The van der Waals surface area contributed by atoms with E-state index >= 15 is 0 Å². The highest BCUT2D eigenvalue weighted by atomic mass is 16.4. The number of piperidine rings is 1. The van der Waals surface area contributed by atoms with Gasteiger partial charge in [-0.3, -0.25) is 4.79 Å². The van der Waals surface area contributed by atoms with Crippen LogP contribution < -0.4 is 10.6 Å². The minimum Gasteiger partial charge on any atom is -0.479 e. The normalized spacial score (nSPS) is 27.1. The number of carbonyl (C=O) groups excluding carboxylic acids is 1. The molecule has 1 amide bonds. The predicted octanol–water partition coefficient (Wildman–Crippen LogP) is -1.06. The van der Waals surface area contributed by atoms with Gasteiger partial charge in [0.05, 0.1) is 12.0 Å². The molecule has 0 spiro atoms. The first kappa shape index (κ1) is 12.9. The number of aliphatic hydroxyl groups excluding tert-OH is 1. The highest BCUT2D eigenvalue weighted by Gasteiger charge is 2.34. The van der Waals surface area contributed by atoms with Crippen molar-refractivity contribution in [2.24, 2.45) is 5.41 Å². The molecule has 1 aliphatic rings. The number of hydrogen-bond acceptors (Lipinski definition) is 4. The minimum absolute atomic E-state index is 0.208. The number of amides is 1. The lowest BCUT2D eigenvalue weighted by Gasteiger charge is -2.32. The van der Waals surface area contributed by atoms with Crippen LogP contribution in [0, 0.1) is 5.41 Å². The zero-order chi connectivity index (χ0) is 12.2. The molecule has 1 unspecified atom stereocenters. The van der Waals surface area contributed by atoms with Gasteiger partial charge in [0, 0.05) is 6.54 Å². The highest BCUT2D eigenvalue weighted by Crippen LogP contribution is 2.25. The van der Waals surface area contributed by atoms with Crippen LogP contribution in [0.1, 0.15) is 19.8 Å². The Morgan fingerprint density at radius 3 is 2.75 bits per heavy atom. The van der Waals surface area contributed by atoms with E-state index in [1.807, 2.05) is 6.92 Å². The number of nitrogens with one attached hydrogen (secondary N) is 2. The molecule has 1 saturated heterocycles. The third-order valence-electron chi connectivity index (χ3n) is 2.89. The summed E-state index contributed by atoms with van der Waals surface area (Å²) in [5, 5.41) is 23.1. The number of carbonyl (C=O) groups is 2. The summed E-state index contributed by atoms with van der Waals surface area (Å²) in [7, 11) is 0. The molecule has 0 radical (unpaired) electrons. The van der Waals surface area contributed by atoms with Gasteiger partial charge < -0.3 is 20.8 Å². The molecule has 0 aromatic rings. The lowest BCUT2D eigenvalue weighted by Crippen LogP contribution is -2.50. The van der Waals surface area contributed by atoms with Gasteiger partial charge in [-0.15, -0.1) is 0 Å². The van der Waals surface area contributed by atoms with Crippen LogP contribution in [-0.2, 0) is 9.59 Å². The van der Waals surface area contributed by atoms with E-state index in [-0.39, 0.29) is 12.5 Å². The van der Waals surface area contributed by atoms with Crippen LogP contribution >= 0.6 is 0 Å². The predicted molar refractivity (Wildman–Crippen MR) is 56.9 cm³/mol. The van der Waals surface area contributed by atoms with E-state index in [2.05, 4.69) is 10.6 Å². The highest BCUT2D eigenvalue weighted by molar-refractivity contribution is 5.83. The Labute approximate surface area is 94.0 Å². The maximum atomic E-state index is 11.8. The number of rotatable bonds is 4. The van der Waals surface area contributed by atoms with Crippen LogP contribution in [0.4, 0.5) is 0 Å². The molecule has 0 aromatic heterocycles. The lowest BCUT2D eigenvalue weighted by molar-refractivity contribution is -0.146. The molecule has 0 bridgehead atoms. The molecule has 0 aromatic carbocycles. The van der Waals surface area contributed by atoms with Gasteiger partial charge in [0.25, 0.3) is 0 Å². The number of aliphatic carboxylic acids is 1. The molecule has 1 rings (SSSR count). The average molecular weight is 230 g/mol. The Morgan fingerprint density at radius 1 is 1.56 bits per heavy atom. The van der Waals surface area contributed by atoms with Gasteiger partial charge >= 0.3 is 5.97 Å². The maximum absolute atomic E-state index is 11.8. The maximum Gasteiger partial charge on any atom is 0.334 e. The number of aliphatic hydroxyl groups is 1. The Kier molecular flexibility index (Phi) is 4.26. The van der Waals surface area contributed by atoms with Crippen molar-refractivity contribution in [3.63, 3.8) is 0 Å². The Bertz CT molecular complexity index is 274. The van der Waals surface area contributed by atoms with Crippen LogP contribution in [0.25, 0.3) is 0 Å². The summed E-state index contributed by atoms with van der Waals surface area (Å²) in [6.45, 7) is 3.08. The van der Waals surface area contributed by atoms with Crippen LogP contribution in [0.15, 0.2) is 0 Å². The number of carboxylic acids is 1. The Hall–Kier alpha value is -1.14. The molecule has 4 N–H and O–H groups in total. The molecule has 16 heavy (non-hydrogen) atoms. The zero-order valence-electron chi connectivity index (χ0n) is 9.32. The van der Waals surface area contributed by atoms with Gasteiger partial charge in [-0.05, 0) is 26.3 Å². The second kappa shape index (κ2) is 5.27. The molecule has 1 fully saturated rings. The fourth-order valence-electron chi connectivity index (χ4n) is 1.74. The molecule has 1 aliphatic heterocycles. The van der Waals surface area contributed by atoms with Gasteiger partial charge in [-0.1, -0.05) is 0 Å². The van der Waals surface area contributed by atoms with Crippen LogP contribution in [-0.4, -0.2) is 47.8 Å². The van der Waals surface area contributed by atoms with Crippen molar-refractivity contribution in [1.29, 1.82) is 0 Å². The standard InChI is InChI=1S/C10H18N2O4/c1-10(3-2-4-11-6-10)9(16)12-5-7(13)8(14)15/h7,11,13H,2-6H2,1H3,(H,12,16)(H,14,15)/t7-,10?/m0/s1. The summed E-state index contributed by atoms with van der Waals surface area (Å²) < 4.78 is 0. The van der Waals surface area contributed by atoms with Crippen LogP contribution in [0.5, 0.6) is 0 Å². The summed E-state index contributed by atoms with van der Waals surface area (Å²) in [6.07, 6.45) is 0.157. The van der Waals surface area contributed by atoms with Crippen molar-refractivity contribution in [2.45, 2.75) is 25.9 Å². The molecule has 2 atom stereocenters. The van der Waals surface area contributed by atoms with Crippen molar-refractivity contribution in [1.82, 2.24) is 10.6 Å². The van der Waals surface area contributed by atoms with Crippen molar-refractivity contribution in [3.8, 4) is 0 Å². The first-order valence-electron chi connectivity index (χ1n) is 5.35. The number of hydrogen-bond donors (Lipinski definition) is 4. The third kappa shape index (κ3) is 3.18. The topological polar surface area (TPSA) is 98.7 Å². The molecule has 0 saturated carbocycles. The van der Waals surface area contributed by atoms with E-state index in [4.69, 9.17) is 10.2 Å².